The van der Waals surface area contributed by atoms with Gasteiger partial charge < -0.3 is 4.74 Å². The van der Waals surface area contributed by atoms with Crippen molar-refractivity contribution in [2.45, 2.75) is 64.2 Å². The molecule has 174 valence electrons. The quantitative estimate of drug-likeness (QED) is 0.332. The van der Waals surface area contributed by atoms with Crippen molar-refractivity contribution in [3.8, 4) is 17.6 Å². The zero-order valence-corrected chi connectivity index (χ0v) is 19.7. The molecule has 0 saturated heterocycles. The van der Waals surface area contributed by atoms with Crippen molar-refractivity contribution in [1.82, 2.24) is 0 Å². The number of allylic oxidation sites excluding steroid dienone is 2. The van der Waals surface area contributed by atoms with Crippen LogP contribution in [0.15, 0.2) is 48.6 Å². The number of fused-ring (bicyclic) bond motifs is 1. The maximum Gasteiger partial charge on any atom is 0.190 e. The fourth-order valence-electron chi connectivity index (χ4n) is 5.86. The fraction of sp³-hybridized carbons (Fsp3) is 0.467. The molecule has 3 heteroatoms. The Hall–Kier alpha value is -2.60. The van der Waals surface area contributed by atoms with Gasteiger partial charge in [0.1, 0.15) is 0 Å². The summed E-state index contributed by atoms with van der Waals surface area (Å²) >= 11 is 0. The second kappa shape index (κ2) is 11.0. The van der Waals surface area contributed by atoms with Crippen LogP contribution in [0.1, 0.15) is 80.9 Å². The number of hydrogen-bond acceptors (Lipinski definition) is 1. The highest BCUT2D eigenvalue weighted by molar-refractivity contribution is 5.46. The maximum atomic E-state index is 13.9. The van der Waals surface area contributed by atoms with Crippen LogP contribution < -0.4 is 4.74 Å². The van der Waals surface area contributed by atoms with Gasteiger partial charge in [0, 0.05) is 11.1 Å². The largest absolute Gasteiger partial charge is 0.491 e. The molecule has 0 aliphatic heterocycles. The summed E-state index contributed by atoms with van der Waals surface area (Å²) in [7, 11) is 1.25. The summed E-state index contributed by atoms with van der Waals surface area (Å²) in [5.41, 5.74) is 2.55. The van der Waals surface area contributed by atoms with Gasteiger partial charge in [0.05, 0.1) is 7.11 Å². The number of benzene rings is 2. The first-order valence-electron chi connectivity index (χ1n) is 12.3. The van der Waals surface area contributed by atoms with Crippen molar-refractivity contribution < 1.29 is 13.5 Å². The summed E-state index contributed by atoms with van der Waals surface area (Å²) in [5.74, 6) is 7.39. The van der Waals surface area contributed by atoms with Crippen molar-refractivity contribution in [2.75, 3.05) is 7.11 Å². The van der Waals surface area contributed by atoms with E-state index in [0.717, 1.165) is 23.3 Å². The molecule has 2 aliphatic carbocycles. The highest BCUT2D eigenvalue weighted by Gasteiger charge is 2.35. The molecular weight excluding hydrogens is 414 g/mol. The Labute approximate surface area is 197 Å². The molecule has 4 rings (SSSR count). The first-order valence-corrected chi connectivity index (χ1v) is 12.3. The minimum Gasteiger partial charge on any atom is -0.491 e. The van der Waals surface area contributed by atoms with E-state index in [9.17, 15) is 8.78 Å². The molecule has 33 heavy (non-hydrogen) atoms. The zero-order chi connectivity index (χ0) is 23.2. The number of halogens is 2. The summed E-state index contributed by atoms with van der Waals surface area (Å²) in [4.78, 5) is 0. The summed E-state index contributed by atoms with van der Waals surface area (Å²) in [5, 5.41) is 0. The third-order valence-corrected chi connectivity index (χ3v) is 7.63. The molecule has 2 aliphatic rings. The molecule has 0 radical (unpaired) electrons. The molecule has 0 aromatic heterocycles. The van der Waals surface area contributed by atoms with Crippen molar-refractivity contribution in [3.05, 3.63) is 76.9 Å². The monoisotopic (exact) mass is 448 g/mol. The van der Waals surface area contributed by atoms with Crippen LogP contribution in [-0.2, 0) is 0 Å². The molecular formula is C30H34F2O. The predicted octanol–water partition coefficient (Wildman–Crippen LogP) is 8.03. The number of hydrogen-bond donors (Lipinski definition) is 0. The smallest absolute Gasteiger partial charge is 0.190 e. The van der Waals surface area contributed by atoms with E-state index in [1.165, 1.54) is 76.2 Å². The molecule has 2 aromatic rings. The average Bonchev–Trinajstić information content (AvgIpc) is 2.83. The Kier molecular flexibility index (Phi) is 7.86. The number of ether oxygens (including phenoxy) is 1. The van der Waals surface area contributed by atoms with Crippen LogP contribution in [0, 0.1) is 41.2 Å². The van der Waals surface area contributed by atoms with Crippen LogP contribution in [0.25, 0.3) is 0 Å². The molecule has 0 N–H and O–H groups in total. The molecule has 0 heterocycles. The van der Waals surface area contributed by atoms with Crippen molar-refractivity contribution in [1.29, 1.82) is 0 Å². The maximum absolute atomic E-state index is 13.9. The molecule has 0 amide bonds. The summed E-state index contributed by atoms with van der Waals surface area (Å²) in [6.45, 7) is 2.11. The van der Waals surface area contributed by atoms with E-state index >= 15 is 0 Å². The first kappa shape index (κ1) is 23.6. The van der Waals surface area contributed by atoms with E-state index in [0.29, 0.717) is 11.5 Å². The van der Waals surface area contributed by atoms with E-state index in [4.69, 9.17) is 4.74 Å². The summed E-state index contributed by atoms with van der Waals surface area (Å²) < 4.78 is 32.5. The third kappa shape index (κ3) is 5.85. The molecule has 2 fully saturated rings. The van der Waals surface area contributed by atoms with E-state index in [-0.39, 0.29) is 5.75 Å². The van der Waals surface area contributed by atoms with Crippen LogP contribution in [0.3, 0.4) is 0 Å². The zero-order valence-electron chi connectivity index (χ0n) is 19.7. The number of methoxy groups -OCH3 is 1. The van der Waals surface area contributed by atoms with Crippen molar-refractivity contribution >= 4 is 0 Å². The molecule has 4 unspecified atom stereocenters. The lowest BCUT2D eigenvalue weighted by molar-refractivity contribution is 0.115. The highest BCUT2D eigenvalue weighted by Crippen LogP contribution is 2.48. The normalized spacial score (nSPS) is 24.7. The Morgan fingerprint density at radius 3 is 2.27 bits per heavy atom. The number of rotatable bonds is 5. The van der Waals surface area contributed by atoms with Crippen LogP contribution in [0.2, 0.25) is 0 Å². The van der Waals surface area contributed by atoms with Crippen molar-refractivity contribution in [2.24, 2.45) is 17.8 Å². The van der Waals surface area contributed by atoms with Gasteiger partial charge in [-0.15, -0.1) is 0 Å². The molecule has 0 bridgehead atoms. The second-order valence-electron chi connectivity index (χ2n) is 9.70. The van der Waals surface area contributed by atoms with E-state index in [1.54, 1.807) is 0 Å². The van der Waals surface area contributed by atoms with Crippen LogP contribution in [-0.4, -0.2) is 7.11 Å². The Morgan fingerprint density at radius 1 is 0.909 bits per heavy atom. The van der Waals surface area contributed by atoms with Crippen LogP contribution >= 0.6 is 0 Å². The van der Waals surface area contributed by atoms with Gasteiger partial charge in [-0.25, -0.2) is 8.78 Å². The van der Waals surface area contributed by atoms with Gasteiger partial charge in [-0.05, 0) is 105 Å². The lowest BCUT2D eigenvalue weighted by atomic mass is 9.63. The molecule has 4 atom stereocenters. The summed E-state index contributed by atoms with van der Waals surface area (Å²) in [6.07, 6.45) is 15.2. The lowest BCUT2D eigenvalue weighted by Gasteiger charge is -2.42. The molecule has 2 saturated carbocycles. The van der Waals surface area contributed by atoms with Crippen LogP contribution in [0.4, 0.5) is 8.78 Å². The molecule has 2 aromatic carbocycles. The second-order valence-corrected chi connectivity index (χ2v) is 9.70. The van der Waals surface area contributed by atoms with E-state index in [2.05, 4.69) is 43.0 Å². The standard InChI is InChI=1S/C30H34F2O/c1-3-4-5-6-22-11-14-27-20-26(16-15-25(27)17-22)24-12-9-21(10-13-24)7-8-23-18-28(31)30(33-2)29(32)19-23/h3-4,9-10,12-13,18-19,22,25-27H,5-6,11,14-17,20H2,1-2H3/b4-3+. The fourth-order valence-corrected chi connectivity index (χ4v) is 5.86. The van der Waals surface area contributed by atoms with E-state index in [1.807, 2.05) is 12.1 Å². The third-order valence-electron chi connectivity index (χ3n) is 7.63. The van der Waals surface area contributed by atoms with Crippen LogP contribution in [0.5, 0.6) is 5.75 Å². The van der Waals surface area contributed by atoms with E-state index < -0.39 is 11.6 Å². The Balaban J connectivity index is 1.35. The molecule has 1 nitrogen and oxygen atoms in total. The lowest BCUT2D eigenvalue weighted by Crippen LogP contribution is -2.30. The van der Waals surface area contributed by atoms with Gasteiger partial charge in [0.15, 0.2) is 17.4 Å². The van der Waals surface area contributed by atoms with Gasteiger partial charge in [-0.1, -0.05) is 42.5 Å². The Morgan fingerprint density at radius 2 is 1.58 bits per heavy atom. The van der Waals surface area contributed by atoms with Gasteiger partial charge in [-0.3, -0.25) is 0 Å². The first-order chi connectivity index (χ1) is 16.1. The Bertz CT molecular complexity index is 1000. The predicted molar refractivity (Wildman–Crippen MR) is 130 cm³/mol. The molecule has 0 spiro atoms. The van der Waals surface area contributed by atoms with Gasteiger partial charge in [0.2, 0.25) is 0 Å². The minimum atomic E-state index is -0.736. The van der Waals surface area contributed by atoms with Gasteiger partial charge in [-0.2, -0.15) is 0 Å². The average molecular weight is 449 g/mol. The van der Waals surface area contributed by atoms with Crippen molar-refractivity contribution in [3.63, 3.8) is 0 Å². The van der Waals surface area contributed by atoms with Gasteiger partial charge in [0.25, 0.3) is 0 Å². The highest BCUT2D eigenvalue weighted by atomic mass is 19.1. The SMILES string of the molecule is C/C=C/CCC1CCC2CC(c3ccc(C#Cc4cc(F)c(OC)c(F)c4)cc3)CCC2C1. The minimum absolute atomic E-state index is 0.300. The van der Waals surface area contributed by atoms with Gasteiger partial charge >= 0.3 is 0 Å². The topological polar surface area (TPSA) is 9.23 Å². The summed E-state index contributed by atoms with van der Waals surface area (Å²) in [6, 6.07) is 10.8.